The van der Waals surface area contributed by atoms with Crippen molar-refractivity contribution < 1.29 is 4.39 Å². The maximum atomic E-state index is 13.2. The number of aryl methyl sites for hydroxylation is 1. The molecular weight excluding hydrogens is 293 g/mol. The minimum absolute atomic E-state index is 0.112. The Kier molecular flexibility index (Phi) is 4.15. The molecule has 0 spiro atoms. The van der Waals surface area contributed by atoms with E-state index in [-0.39, 0.29) is 11.9 Å². The quantitative estimate of drug-likeness (QED) is 0.906. The summed E-state index contributed by atoms with van der Waals surface area (Å²) in [6.45, 7) is 1.98. The zero-order valence-corrected chi connectivity index (χ0v) is 11.7. The van der Waals surface area contributed by atoms with E-state index >= 15 is 0 Å². The molecule has 1 atom stereocenters. The first kappa shape index (κ1) is 13.2. The van der Waals surface area contributed by atoms with Crippen LogP contribution in [0.15, 0.2) is 46.9 Å². The first-order valence-corrected chi connectivity index (χ1v) is 6.61. The molecule has 1 unspecified atom stereocenters. The van der Waals surface area contributed by atoms with Crippen LogP contribution in [-0.4, -0.2) is 0 Å². The lowest BCUT2D eigenvalue weighted by molar-refractivity contribution is 0.621. The molecule has 2 aromatic carbocycles. The molecule has 0 aliphatic carbocycles. The fourth-order valence-electron chi connectivity index (χ4n) is 1.92. The van der Waals surface area contributed by atoms with E-state index in [2.05, 4.69) is 15.9 Å². The molecule has 0 radical (unpaired) electrons. The molecule has 0 saturated heterocycles. The first-order valence-electron chi connectivity index (χ1n) is 5.82. The van der Waals surface area contributed by atoms with Crippen molar-refractivity contribution in [3.05, 3.63) is 69.4 Å². The molecule has 0 saturated carbocycles. The molecule has 3 heteroatoms. The first-order chi connectivity index (χ1) is 8.56. The van der Waals surface area contributed by atoms with Crippen LogP contribution in [0.1, 0.15) is 22.7 Å². The Hall–Kier alpha value is -1.19. The van der Waals surface area contributed by atoms with Gasteiger partial charge in [-0.25, -0.2) is 4.39 Å². The van der Waals surface area contributed by atoms with Crippen LogP contribution in [0.25, 0.3) is 0 Å². The van der Waals surface area contributed by atoms with Crippen molar-refractivity contribution in [1.29, 1.82) is 0 Å². The highest BCUT2D eigenvalue weighted by atomic mass is 79.9. The second-order valence-corrected chi connectivity index (χ2v) is 5.35. The van der Waals surface area contributed by atoms with E-state index in [9.17, 15) is 4.39 Å². The third-order valence-corrected chi connectivity index (χ3v) is 3.58. The molecule has 18 heavy (non-hydrogen) atoms. The average molecular weight is 308 g/mol. The molecule has 0 aliphatic heterocycles. The van der Waals surface area contributed by atoms with Crippen molar-refractivity contribution in [3.8, 4) is 0 Å². The molecular formula is C15H15BrFN. The van der Waals surface area contributed by atoms with E-state index in [0.717, 1.165) is 21.2 Å². The summed E-state index contributed by atoms with van der Waals surface area (Å²) in [7, 11) is 0. The van der Waals surface area contributed by atoms with Crippen molar-refractivity contribution >= 4 is 15.9 Å². The van der Waals surface area contributed by atoms with E-state index in [1.165, 1.54) is 6.07 Å². The maximum Gasteiger partial charge on any atom is 0.123 e. The van der Waals surface area contributed by atoms with Gasteiger partial charge in [-0.3, -0.25) is 0 Å². The van der Waals surface area contributed by atoms with E-state index in [4.69, 9.17) is 5.73 Å². The predicted octanol–water partition coefficient (Wildman–Crippen LogP) is 4.14. The SMILES string of the molecule is Cc1ccc(F)cc1CC(N)c1ccc(Br)cc1. The molecule has 2 N–H and O–H groups in total. The highest BCUT2D eigenvalue weighted by Crippen LogP contribution is 2.21. The van der Waals surface area contributed by atoms with E-state index in [0.29, 0.717) is 6.42 Å². The van der Waals surface area contributed by atoms with Gasteiger partial charge in [-0.05, 0) is 54.3 Å². The van der Waals surface area contributed by atoms with Crippen molar-refractivity contribution in [2.45, 2.75) is 19.4 Å². The summed E-state index contributed by atoms with van der Waals surface area (Å²) >= 11 is 3.39. The lowest BCUT2D eigenvalue weighted by Crippen LogP contribution is -2.14. The minimum atomic E-state index is -0.210. The van der Waals surface area contributed by atoms with Gasteiger partial charge in [-0.1, -0.05) is 34.1 Å². The molecule has 0 aliphatic rings. The van der Waals surface area contributed by atoms with Gasteiger partial charge >= 0.3 is 0 Å². The lowest BCUT2D eigenvalue weighted by atomic mass is 9.97. The Morgan fingerprint density at radius 3 is 2.50 bits per heavy atom. The Morgan fingerprint density at radius 1 is 1.17 bits per heavy atom. The van der Waals surface area contributed by atoms with Gasteiger partial charge in [0.25, 0.3) is 0 Å². The van der Waals surface area contributed by atoms with Gasteiger partial charge in [-0.15, -0.1) is 0 Å². The van der Waals surface area contributed by atoms with E-state index < -0.39 is 0 Å². The van der Waals surface area contributed by atoms with Gasteiger partial charge in [0.05, 0.1) is 0 Å². The van der Waals surface area contributed by atoms with Gasteiger partial charge in [-0.2, -0.15) is 0 Å². The zero-order valence-electron chi connectivity index (χ0n) is 10.2. The Labute approximate surface area is 115 Å². The normalized spacial score (nSPS) is 12.4. The van der Waals surface area contributed by atoms with Crippen LogP contribution < -0.4 is 5.73 Å². The topological polar surface area (TPSA) is 26.0 Å². The summed E-state index contributed by atoms with van der Waals surface area (Å²) in [5, 5.41) is 0. The third-order valence-electron chi connectivity index (χ3n) is 3.05. The lowest BCUT2D eigenvalue weighted by Gasteiger charge is -2.14. The summed E-state index contributed by atoms with van der Waals surface area (Å²) in [6, 6.07) is 12.6. The minimum Gasteiger partial charge on any atom is -0.324 e. The summed E-state index contributed by atoms with van der Waals surface area (Å²) in [5.74, 6) is -0.210. The third kappa shape index (κ3) is 3.18. The highest BCUT2D eigenvalue weighted by Gasteiger charge is 2.09. The van der Waals surface area contributed by atoms with Crippen molar-refractivity contribution in [2.24, 2.45) is 5.73 Å². The maximum absolute atomic E-state index is 13.2. The molecule has 1 nitrogen and oxygen atoms in total. The molecule has 0 fully saturated rings. The van der Waals surface area contributed by atoms with Crippen LogP contribution in [0.4, 0.5) is 4.39 Å². The molecule has 0 heterocycles. The van der Waals surface area contributed by atoms with Gasteiger partial charge in [0.15, 0.2) is 0 Å². The molecule has 0 amide bonds. The monoisotopic (exact) mass is 307 g/mol. The smallest absolute Gasteiger partial charge is 0.123 e. The fourth-order valence-corrected chi connectivity index (χ4v) is 2.19. The standard InChI is InChI=1S/C15H15BrFN/c1-10-2-7-14(17)8-12(10)9-15(18)11-3-5-13(16)6-4-11/h2-8,15H,9,18H2,1H3. The number of hydrogen-bond acceptors (Lipinski definition) is 1. The molecule has 2 aromatic rings. The molecule has 0 bridgehead atoms. The van der Waals surface area contributed by atoms with Crippen LogP contribution in [0, 0.1) is 12.7 Å². The Bertz CT molecular complexity index is 537. The summed E-state index contributed by atoms with van der Waals surface area (Å²) in [6.07, 6.45) is 0.644. The van der Waals surface area contributed by atoms with Gasteiger partial charge in [0.2, 0.25) is 0 Å². The van der Waals surface area contributed by atoms with Crippen molar-refractivity contribution in [2.75, 3.05) is 0 Å². The van der Waals surface area contributed by atoms with Gasteiger partial charge in [0.1, 0.15) is 5.82 Å². The highest BCUT2D eigenvalue weighted by molar-refractivity contribution is 9.10. The van der Waals surface area contributed by atoms with Crippen LogP contribution in [-0.2, 0) is 6.42 Å². The van der Waals surface area contributed by atoms with Gasteiger partial charge in [0, 0.05) is 10.5 Å². The van der Waals surface area contributed by atoms with E-state index in [1.807, 2.05) is 31.2 Å². The van der Waals surface area contributed by atoms with Crippen molar-refractivity contribution in [3.63, 3.8) is 0 Å². The number of rotatable bonds is 3. The van der Waals surface area contributed by atoms with Crippen LogP contribution in [0.2, 0.25) is 0 Å². The Morgan fingerprint density at radius 2 is 1.83 bits per heavy atom. The summed E-state index contributed by atoms with van der Waals surface area (Å²) in [5.41, 5.74) is 9.25. The molecule has 2 rings (SSSR count). The number of nitrogens with two attached hydrogens (primary N) is 1. The second-order valence-electron chi connectivity index (χ2n) is 4.43. The molecule has 94 valence electrons. The largest absolute Gasteiger partial charge is 0.324 e. The van der Waals surface area contributed by atoms with Crippen LogP contribution in [0.5, 0.6) is 0 Å². The Balaban J connectivity index is 2.18. The van der Waals surface area contributed by atoms with Crippen LogP contribution >= 0.6 is 15.9 Å². The zero-order chi connectivity index (χ0) is 13.1. The van der Waals surface area contributed by atoms with Crippen molar-refractivity contribution in [1.82, 2.24) is 0 Å². The van der Waals surface area contributed by atoms with E-state index in [1.54, 1.807) is 12.1 Å². The number of hydrogen-bond donors (Lipinski definition) is 1. The average Bonchev–Trinajstić information content (AvgIpc) is 2.34. The number of benzene rings is 2. The summed E-state index contributed by atoms with van der Waals surface area (Å²) in [4.78, 5) is 0. The van der Waals surface area contributed by atoms with Crippen LogP contribution in [0.3, 0.4) is 0 Å². The number of halogens is 2. The molecule has 0 aromatic heterocycles. The second kappa shape index (κ2) is 5.63. The summed E-state index contributed by atoms with van der Waals surface area (Å²) < 4.78 is 14.2. The predicted molar refractivity (Wildman–Crippen MR) is 75.9 cm³/mol. The fraction of sp³-hybridized carbons (Fsp3) is 0.200. The van der Waals surface area contributed by atoms with Gasteiger partial charge < -0.3 is 5.73 Å².